The number of unbranched alkanes of at least 4 members (excludes halogenated alkanes) is 1. The van der Waals surface area contributed by atoms with Crippen molar-refractivity contribution in [3.05, 3.63) is 59.8 Å². The number of hydrogen-bond donors (Lipinski definition) is 6. The fourth-order valence-corrected chi connectivity index (χ4v) is 3.38. The van der Waals surface area contributed by atoms with Gasteiger partial charge in [-0.05, 0) is 51.2 Å². The van der Waals surface area contributed by atoms with Crippen LogP contribution in [0.5, 0.6) is 5.88 Å². The molecule has 2 rings (SSSR count). The summed E-state index contributed by atoms with van der Waals surface area (Å²) < 4.78 is 0. The fourth-order valence-electron chi connectivity index (χ4n) is 3.38. The van der Waals surface area contributed by atoms with Crippen LogP contribution in [0.25, 0.3) is 0 Å². The second-order valence-electron chi connectivity index (χ2n) is 9.11. The van der Waals surface area contributed by atoms with Gasteiger partial charge in [0.25, 0.3) is 5.91 Å². The van der Waals surface area contributed by atoms with Crippen molar-refractivity contribution >= 4 is 24.8 Å². The molecule has 0 aliphatic heterocycles. The largest absolute Gasteiger partial charge is 0.493 e. The van der Waals surface area contributed by atoms with Crippen molar-refractivity contribution in [2.75, 3.05) is 6.54 Å². The number of aromatic nitrogens is 1. The number of nitrogens with zero attached hydrogens (tertiary/aromatic N) is 2. The highest BCUT2D eigenvalue weighted by Crippen LogP contribution is 2.13. The SMILES string of the molecule is CC(C)(C#N)C(=O)NCCCC[C@H](NC(=O)c1cccc(O)n1)C(=O)N[C@@H](Cc1ccccc1)B(O)O. The van der Waals surface area contributed by atoms with E-state index in [1.54, 1.807) is 24.3 Å². The first-order valence-corrected chi connectivity index (χ1v) is 11.9. The molecule has 1 heterocycles. The van der Waals surface area contributed by atoms with Gasteiger partial charge < -0.3 is 31.1 Å². The molecule has 3 amide bonds. The van der Waals surface area contributed by atoms with Crippen LogP contribution in [-0.4, -0.2) is 63.5 Å². The Labute approximate surface area is 216 Å². The Morgan fingerprint density at radius 2 is 1.76 bits per heavy atom. The summed E-state index contributed by atoms with van der Waals surface area (Å²) in [6.45, 7) is 3.29. The topological polar surface area (TPSA) is 185 Å². The number of carbonyl (C=O) groups excluding carboxylic acids is 3. The summed E-state index contributed by atoms with van der Waals surface area (Å²) in [5.41, 5.74) is -0.475. The van der Waals surface area contributed by atoms with Crippen LogP contribution in [0.1, 0.15) is 49.2 Å². The maximum absolute atomic E-state index is 13.1. The molecule has 0 spiro atoms. The maximum atomic E-state index is 13.1. The molecule has 6 N–H and O–H groups in total. The van der Waals surface area contributed by atoms with Crippen LogP contribution in [0, 0.1) is 16.7 Å². The average molecular weight is 509 g/mol. The van der Waals surface area contributed by atoms with E-state index < -0.39 is 42.2 Å². The van der Waals surface area contributed by atoms with Crippen molar-refractivity contribution in [3.63, 3.8) is 0 Å². The zero-order valence-electron chi connectivity index (χ0n) is 20.8. The number of amides is 3. The van der Waals surface area contributed by atoms with Gasteiger partial charge in [0.15, 0.2) is 0 Å². The second-order valence-corrected chi connectivity index (χ2v) is 9.11. The predicted molar refractivity (Wildman–Crippen MR) is 136 cm³/mol. The summed E-state index contributed by atoms with van der Waals surface area (Å²) >= 11 is 0. The lowest BCUT2D eigenvalue weighted by molar-refractivity contribution is -0.127. The number of nitriles is 1. The van der Waals surface area contributed by atoms with Gasteiger partial charge in [-0.3, -0.25) is 14.4 Å². The van der Waals surface area contributed by atoms with E-state index >= 15 is 0 Å². The van der Waals surface area contributed by atoms with Gasteiger partial charge >= 0.3 is 7.12 Å². The Morgan fingerprint density at radius 1 is 1.05 bits per heavy atom. The number of rotatable bonds is 13. The number of pyridine rings is 1. The van der Waals surface area contributed by atoms with Crippen LogP contribution in [-0.2, 0) is 16.0 Å². The zero-order chi connectivity index (χ0) is 27.4. The van der Waals surface area contributed by atoms with E-state index in [2.05, 4.69) is 20.9 Å². The van der Waals surface area contributed by atoms with E-state index in [1.165, 1.54) is 32.0 Å². The normalized spacial score (nSPS) is 12.5. The van der Waals surface area contributed by atoms with Crippen molar-refractivity contribution in [2.45, 2.75) is 51.5 Å². The first kappa shape index (κ1) is 29.3. The molecule has 0 aliphatic carbocycles. The summed E-state index contributed by atoms with van der Waals surface area (Å²) in [4.78, 5) is 41.6. The quantitative estimate of drug-likeness (QED) is 0.166. The summed E-state index contributed by atoms with van der Waals surface area (Å²) in [6.07, 6.45) is 1.21. The summed E-state index contributed by atoms with van der Waals surface area (Å²) in [5, 5.41) is 46.1. The fraction of sp³-hybridized carbons (Fsp3) is 0.400. The highest BCUT2D eigenvalue weighted by atomic mass is 16.4. The lowest BCUT2D eigenvalue weighted by Gasteiger charge is -2.23. The third-order valence-corrected chi connectivity index (χ3v) is 5.63. The number of benzene rings is 1. The Bertz CT molecular complexity index is 1110. The minimum atomic E-state index is -1.84. The molecule has 0 bridgehead atoms. The standard InChI is InChI=1S/C25H32BN5O6/c1-25(2,16-27)24(35)28-14-7-6-11-19(30-22(33)18-12-8-13-21(32)29-18)23(34)31-20(26(36)37)15-17-9-4-3-5-10-17/h3-5,8-10,12-13,19-20,36-37H,6-7,11,14-15H2,1-2H3,(H,28,35)(H,29,32)(H,30,33)(H,31,34)/t19-,20-/m0/s1. The Morgan fingerprint density at radius 3 is 2.38 bits per heavy atom. The van der Waals surface area contributed by atoms with Gasteiger partial charge in [0, 0.05) is 12.6 Å². The molecule has 0 saturated carbocycles. The highest BCUT2D eigenvalue weighted by molar-refractivity contribution is 6.43. The smallest absolute Gasteiger partial charge is 0.475 e. The summed E-state index contributed by atoms with van der Waals surface area (Å²) in [7, 11) is -1.84. The number of carbonyl (C=O) groups is 3. The third-order valence-electron chi connectivity index (χ3n) is 5.63. The van der Waals surface area contributed by atoms with Crippen LogP contribution >= 0.6 is 0 Å². The molecule has 196 valence electrons. The molecule has 0 unspecified atom stereocenters. The highest BCUT2D eigenvalue weighted by Gasteiger charge is 2.30. The first-order chi connectivity index (χ1) is 17.5. The molecule has 2 atom stereocenters. The second kappa shape index (κ2) is 14.0. The van der Waals surface area contributed by atoms with E-state index in [9.17, 15) is 29.5 Å². The van der Waals surface area contributed by atoms with Gasteiger partial charge in [0.1, 0.15) is 17.2 Å². The van der Waals surface area contributed by atoms with Gasteiger partial charge in [-0.25, -0.2) is 4.98 Å². The van der Waals surface area contributed by atoms with Crippen molar-refractivity contribution in [2.24, 2.45) is 5.41 Å². The molecule has 11 nitrogen and oxygen atoms in total. The predicted octanol–water partition coefficient (Wildman–Crippen LogP) is 0.461. The molecule has 0 aliphatic rings. The van der Waals surface area contributed by atoms with Crippen LogP contribution < -0.4 is 16.0 Å². The summed E-state index contributed by atoms with van der Waals surface area (Å²) in [6, 6.07) is 14.0. The van der Waals surface area contributed by atoms with Gasteiger partial charge in [-0.1, -0.05) is 36.4 Å². The minimum absolute atomic E-state index is 0.0909. The monoisotopic (exact) mass is 509 g/mol. The van der Waals surface area contributed by atoms with E-state index in [1.807, 2.05) is 12.1 Å². The van der Waals surface area contributed by atoms with Gasteiger partial charge in [-0.2, -0.15) is 5.26 Å². The summed E-state index contributed by atoms with van der Waals surface area (Å²) in [5.74, 6) is -3.11. The van der Waals surface area contributed by atoms with Crippen molar-refractivity contribution in [3.8, 4) is 11.9 Å². The molecule has 0 saturated heterocycles. The van der Waals surface area contributed by atoms with Crippen molar-refractivity contribution < 1.29 is 29.5 Å². The number of nitrogens with one attached hydrogen (secondary N) is 3. The molecular weight excluding hydrogens is 477 g/mol. The molecule has 1 aromatic carbocycles. The van der Waals surface area contributed by atoms with Crippen molar-refractivity contribution in [1.82, 2.24) is 20.9 Å². The molecule has 2 aromatic rings. The van der Waals surface area contributed by atoms with Crippen LogP contribution in [0.3, 0.4) is 0 Å². The number of aromatic hydroxyl groups is 1. The van der Waals surface area contributed by atoms with Crippen LogP contribution in [0.2, 0.25) is 0 Å². The van der Waals surface area contributed by atoms with E-state index in [-0.39, 0.29) is 31.0 Å². The lowest BCUT2D eigenvalue weighted by atomic mass is 9.75. The van der Waals surface area contributed by atoms with E-state index in [0.717, 1.165) is 5.56 Å². The van der Waals surface area contributed by atoms with Crippen molar-refractivity contribution in [1.29, 1.82) is 5.26 Å². The zero-order valence-corrected chi connectivity index (χ0v) is 20.8. The molecule has 37 heavy (non-hydrogen) atoms. The molecule has 0 radical (unpaired) electrons. The van der Waals surface area contributed by atoms with Gasteiger partial charge in [0.05, 0.1) is 12.0 Å². The van der Waals surface area contributed by atoms with E-state index in [0.29, 0.717) is 12.8 Å². The molecule has 1 aromatic heterocycles. The minimum Gasteiger partial charge on any atom is -0.493 e. The maximum Gasteiger partial charge on any atom is 0.475 e. The Kier molecular flexibility index (Phi) is 11.1. The molecule has 12 heteroatoms. The molecule has 0 fully saturated rings. The Balaban J connectivity index is 2.06. The Hall–Kier alpha value is -3.95. The average Bonchev–Trinajstić information content (AvgIpc) is 2.87. The van der Waals surface area contributed by atoms with E-state index in [4.69, 9.17) is 5.26 Å². The lowest BCUT2D eigenvalue weighted by Crippen LogP contribution is -2.54. The van der Waals surface area contributed by atoms with Crippen LogP contribution in [0.15, 0.2) is 48.5 Å². The first-order valence-electron chi connectivity index (χ1n) is 11.9. The molecular formula is C25H32BN5O6. The number of hydrogen-bond acceptors (Lipinski definition) is 8. The van der Waals surface area contributed by atoms with Gasteiger partial charge in [0.2, 0.25) is 17.7 Å². The van der Waals surface area contributed by atoms with Crippen LogP contribution in [0.4, 0.5) is 0 Å². The van der Waals surface area contributed by atoms with Gasteiger partial charge in [-0.15, -0.1) is 0 Å². The third kappa shape index (κ3) is 9.55.